The lowest BCUT2D eigenvalue weighted by Gasteiger charge is -2.34. The van der Waals surface area contributed by atoms with E-state index in [9.17, 15) is 0 Å². The third-order valence-electron chi connectivity index (χ3n) is 4.10. The SMILES string of the molecule is CCCCCC(C)(CCCCC)C(C)C.N. The summed E-state index contributed by atoms with van der Waals surface area (Å²) in [7, 11) is 0. The van der Waals surface area contributed by atoms with Crippen LogP contribution >= 0.6 is 0 Å². The summed E-state index contributed by atoms with van der Waals surface area (Å²) in [4.78, 5) is 0. The van der Waals surface area contributed by atoms with E-state index in [1.165, 1.54) is 51.4 Å². The smallest absolute Gasteiger partial charge is 0.0303 e. The lowest BCUT2D eigenvalue weighted by atomic mass is 9.71. The zero-order valence-electron chi connectivity index (χ0n) is 12.4. The van der Waals surface area contributed by atoms with E-state index in [2.05, 4.69) is 34.6 Å². The second-order valence-electron chi connectivity index (χ2n) is 5.72. The molecule has 0 amide bonds. The molecule has 0 unspecified atom stereocenters. The third-order valence-corrected chi connectivity index (χ3v) is 4.10. The predicted molar refractivity (Wildman–Crippen MR) is 76.3 cm³/mol. The zero-order valence-corrected chi connectivity index (χ0v) is 12.4. The van der Waals surface area contributed by atoms with Crippen molar-refractivity contribution in [1.82, 2.24) is 6.15 Å². The van der Waals surface area contributed by atoms with Gasteiger partial charge in [0.2, 0.25) is 0 Å². The van der Waals surface area contributed by atoms with Crippen molar-refractivity contribution in [2.24, 2.45) is 11.3 Å². The summed E-state index contributed by atoms with van der Waals surface area (Å²) >= 11 is 0. The Hall–Kier alpha value is -0.0400. The van der Waals surface area contributed by atoms with Gasteiger partial charge in [0.05, 0.1) is 0 Å². The van der Waals surface area contributed by atoms with Crippen molar-refractivity contribution in [1.29, 1.82) is 0 Å². The Labute approximate surface area is 104 Å². The Bertz CT molecular complexity index is 130. The van der Waals surface area contributed by atoms with Gasteiger partial charge in [-0.15, -0.1) is 0 Å². The summed E-state index contributed by atoms with van der Waals surface area (Å²) in [6, 6.07) is 0. The fourth-order valence-corrected chi connectivity index (χ4v) is 2.26. The van der Waals surface area contributed by atoms with E-state index >= 15 is 0 Å². The number of hydrogen-bond donors (Lipinski definition) is 1. The summed E-state index contributed by atoms with van der Waals surface area (Å²) in [6.07, 6.45) is 11.2. The highest BCUT2D eigenvalue weighted by molar-refractivity contribution is 4.77. The second kappa shape index (κ2) is 10.1. The van der Waals surface area contributed by atoms with E-state index in [4.69, 9.17) is 0 Å². The molecular formula is C15H35N. The van der Waals surface area contributed by atoms with Gasteiger partial charge >= 0.3 is 0 Å². The molecule has 0 spiro atoms. The van der Waals surface area contributed by atoms with E-state index < -0.39 is 0 Å². The van der Waals surface area contributed by atoms with Crippen LogP contribution in [0, 0.1) is 11.3 Å². The van der Waals surface area contributed by atoms with Crippen LogP contribution in [0.5, 0.6) is 0 Å². The van der Waals surface area contributed by atoms with Crippen molar-refractivity contribution >= 4 is 0 Å². The molecule has 3 N–H and O–H groups in total. The largest absolute Gasteiger partial charge is 0.344 e. The fourth-order valence-electron chi connectivity index (χ4n) is 2.26. The number of unbranched alkanes of at least 4 members (excludes halogenated alkanes) is 4. The average molecular weight is 229 g/mol. The lowest BCUT2D eigenvalue weighted by molar-refractivity contribution is 0.169. The summed E-state index contributed by atoms with van der Waals surface area (Å²) in [5, 5.41) is 0. The summed E-state index contributed by atoms with van der Waals surface area (Å²) in [5.74, 6) is 0.839. The van der Waals surface area contributed by atoms with Crippen molar-refractivity contribution in [2.45, 2.75) is 86.0 Å². The highest BCUT2D eigenvalue weighted by Crippen LogP contribution is 2.38. The predicted octanol–water partition coefficient (Wildman–Crippen LogP) is 5.97. The van der Waals surface area contributed by atoms with E-state index in [0.29, 0.717) is 5.41 Å². The molecule has 100 valence electrons. The molecule has 0 fully saturated rings. The van der Waals surface area contributed by atoms with Crippen LogP contribution in [0.25, 0.3) is 0 Å². The normalized spacial score (nSPS) is 11.6. The topological polar surface area (TPSA) is 35.0 Å². The molecule has 0 aromatic carbocycles. The van der Waals surface area contributed by atoms with Gasteiger partial charge in [0.1, 0.15) is 0 Å². The van der Waals surface area contributed by atoms with Crippen molar-refractivity contribution in [3.05, 3.63) is 0 Å². The van der Waals surface area contributed by atoms with Crippen LogP contribution in [0.4, 0.5) is 0 Å². The molecule has 0 saturated heterocycles. The summed E-state index contributed by atoms with van der Waals surface area (Å²) in [5.41, 5.74) is 0.602. The van der Waals surface area contributed by atoms with E-state index in [0.717, 1.165) is 5.92 Å². The monoisotopic (exact) mass is 229 g/mol. The van der Waals surface area contributed by atoms with Gasteiger partial charge in [-0.05, 0) is 24.2 Å². The minimum atomic E-state index is 0. The quantitative estimate of drug-likeness (QED) is 0.485. The molecular weight excluding hydrogens is 194 g/mol. The minimum absolute atomic E-state index is 0. The van der Waals surface area contributed by atoms with Crippen molar-refractivity contribution in [3.63, 3.8) is 0 Å². The fraction of sp³-hybridized carbons (Fsp3) is 1.00. The molecule has 1 nitrogen and oxygen atoms in total. The molecule has 0 aromatic heterocycles. The standard InChI is InChI=1S/C15H32.H3N/c1-6-8-10-12-15(5,14(3)4)13-11-9-7-2;/h14H,6-13H2,1-5H3;1H3. The first-order valence-corrected chi connectivity index (χ1v) is 7.06. The Morgan fingerprint density at radius 3 is 1.44 bits per heavy atom. The van der Waals surface area contributed by atoms with Crippen LogP contribution in [-0.2, 0) is 0 Å². The maximum Gasteiger partial charge on any atom is -0.0303 e. The van der Waals surface area contributed by atoms with E-state index in [1.807, 2.05) is 0 Å². The van der Waals surface area contributed by atoms with Gasteiger partial charge in [-0.3, -0.25) is 0 Å². The molecule has 16 heavy (non-hydrogen) atoms. The molecule has 0 bridgehead atoms. The number of rotatable bonds is 9. The summed E-state index contributed by atoms with van der Waals surface area (Å²) in [6.45, 7) is 11.9. The zero-order chi connectivity index (χ0) is 11.7. The van der Waals surface area contributed by atoms with Crippen LogP contribution < -0.4 is 6.15 Å². The molecule has 0 aliphatic rings. The number of hydrogen-bond acceptors (Lipinski definition) is 1. The average Bonchev–Trinajstić information content (AvgIpc) is 2.18. The lowest BCUT2D eigenvalue weighted by Crippen LogP contribution is -2.23. The Balaban J connectivity index is 0. The molecule has 0 aromatic rings. The van der Waals surface area contributed by atoms with Crippen LogP contribution in [0.15, 0.2) is 0 Å². The first-order valence-electron chi connectivity index (χ1n) is 7.06. The van der Waals surface area contributed by atoms with Crippen LogP contribution in [0.3, 0.4) is 0 Å². The molecule has 0 atom stereocenters. The van der Waals surface area contributed by atoms with E-state index in [-0.39, 0.29) is 6.15 Å². The van der Waals surface area contributed by atoms with E-state index in [1.54, 1.807) is 0 Å². The van der Waals surface area contributed by atoms with Gasteiger partial charge in [-0.2, -0.15) is 0 Å². The Morgan fingerprint density at radius 2 is 1.19 bits per heavy atom. The first-order chi connectivity index (χ1) is 7.06. The summed E-state index contributed by atoms with van der Waals surface area (Å²) < 4.78 is 0. The third kappa shape index (κ3) is 7.27. The van der Waals surface area contributed by atoms with Crippen molar-refractivity contribution in [3.8, 4) is 0 Å². The first kappa shape index (κ1) is 18.3. The van der Waals surface area contributed by atoms with Gasteiger partial charge in [0, 0.05) is 0 Å². The van der Waals surface area contributed by atoms with Crippen molar-refractivity contribution < 1.29 is 0 Å². The molecule has 0 rings (SSSR count). The van der Waals surface area contributed by atoms with Crippen LogP contribution in [0.1, 0.15) is 86.0 Å². The highest BCUT2D eigenvalue weighted by Gasteiger charge is 2.26. The Morgan fingerprint density at radius 1 is 0.812 bits per heavy atom. The molecule has 0 heterocycles. The molecule has 0 radical (unpaired) electrons. The van der Waals surface area contributed by atoms with Gasteiger partial charge in [-0.25, -0.2) is 0 Å². The highest BCUT2D eigenvalue weighted by atomic mass is 14.3. The maximum atomic E-state index is 2.50. The maximum absolute atomic E-state index is 2.50. The van der Waals surface area contributed by atoms with Crippen molar-refractivity contribution in [2.75, 3.05) is 0 Å². The molecule has 0 saturated carbocycles. The molecule has 0 aliphatic heterocycles. The molecule has 0 aliphatic carbocycles. The Kier molecular flexibility index (Phi) is 11.6. The molecule has 1 heteroatoms. The van der Waals surface area contributed by atoms with Gasteiger partial charge < -0.3 is 6.15 Å². The second-order valence-corrected chi connectivity index (χ2v) is 5.72. The van der Waals surface area contributed by atoms with Crippen LogP contribution in [-0.4, -0.2) is 0 Å². The van der Waals surface area contributed by atoms with Gasteiger partial charge in [0.15, 0.2) is 0 Å². The van der Waals surface area contributed by atoms with Gasteiger partial charge in [0.25, 0.3) is 0 Å². The minimum Gasteiger partial charge on any atom is -0.344 e. The van der Waals surface area contributed by atoms with Crippen LogP contribution in [0.2, 0.25) is 0 Å². The van der Waals surface area contributed by atoms with Gasteiger partial charge in [-0.1, -0.05) is 73.1 Å².